The SMILES string of the molecule is COc1ccc(N(CC(=O)NN=Cc2ccccc2OCc2ccc(Cl)cc2)S(=O)(=O)c2ccccc2)cc1. The number of halogens is 1. The Balaban J connectivity index is 1.47. The van der Waals surface area contributed by atoms with Crippen LogP contribution in [0, 0.1) is 0 Å². The number of para-hydroxylation sites is 1. The Kier molecular flexibility index (Phi) is 9.19. The van der Waals surface area contributed by atoms with Gasteiger partial charge in [0, 0.05) is 10.6 Å². The van der Waals surface area contributed by atoms with E-state index in [0.29, 0.717) is 34.4 Å². The highest BCUT2D eigenvalue weighted by Crippen LogP contribution is 2.25. The lowest BCUT2D eigenvalue weighted by molar-refractivity contribution is -0.119. The fourth-order valence-electron chi connectivity index (χ4n) is 3.58. The van der Waals surface area contributed by atoms with Gasteiger partial charge in [0.2, 0.25) is 0 Å². The van der Waals surface area contributed by atoms with Crippen LogP contribution >= 0.6 is 11.6 Å². The first-order valence-electron chi connectivity index (χ1n) is 11.9. The van der Waals surface area contributed by atoms with E-state index in [-0.39, 0.29) is 4.90 Å². The number of rotatable bonds is 11. The largest absolute Gasteiger partial charge is 0.497 e. The number of carbonyl (C=O) groups excluding carboxylic acids is 1. The van der Waals surface area contributed by atoms with Crippen LogP contribution in [-0.2, 0) is 21.4 Å². The molecule has 0 fully saturated rings. The van der Waals surface area contributed by atoms with Gasteiger partial charge in [0.25, 0.3) is 15.9 Å². The van der Waals surface area contributed by atoms with Gasteiger partial charge in [-0.15, -0.1) is 0 Å². The van der Waals surface area contributed by atoms with Crippen LogP contribution in [-0.4, -0.2) is 34.2 Å². The van der Waals surface area contributed by atoms with Crippen molar-refractivity contribution in [2.24, 2.45) is 5.10 Å². The number of carbonyl (C=O) groups is 1. The van der Waals surface area contributed by atoms with Gasteiger partial charge in [0.1, 0.15) is 24.7 Å². The molecule has 0 atom stereocenters. The van der Waals surface area contributed by atoms with Gasteiger partial charge in [-0.05, 0) is 66.2 Å². The van der Waals surface area contributed by atoms with Crippen molar-refractivity contribution < 1.29 is 22.7 Å². The number of hydrogen-bond donors (Lipinski definition) is 1. The third-order valence-electron chi connectivity index (χ3n) is 5.60. The summed E-state index contributed by atoms with van der Waals surface area (Å²) in [6.45, 7) is -0.168. The molecule has 0 unspecified atom stereocenters. The summed E-state index contributed by atoms with van der Waals surface area (Å²) in [4.78, 5) is 12.9. The van der Waals surface area contributed by atoms with Gasteiger partial charge in [0.05, 0.1) is 23.9 Å². The van der Waals surface area contributed by atoms with Gasteiger partial charge < -0.3 is 9.47 Å². The highest BCUT2D eigenvalue weighted by Gasteiger charge is 2.27. The molecular weight excluding hydrogens is 538 g/mol. The molecule has 8 nitrogen and oxygen atoms in total. The molecule has 4 rings (SSSR count). The molecule has 0 heterocycles. The number of hydrogen-bond acceptors (Lipinski definition) is 6. The van der Waals surface area contributed by atoms with Crippen LogP contribution in [0.15, 0.2) is 113 Å². The first kappa shape index (κ1) is 27.7. The van der Waals surface area contributed by atoms with Gasteiger partial charge >= 0.3 is 0 Å². The van der Waals surface area contributed by atoms with Gasteiger partial charge in [-0.25, -0.2) is 13.8 Å². The zero-order valence-electron chi connectivity index (χ0n) is 21.0. The number of hydrazone groups is 1. The summed E-state index contributed by atoms with van der Waals surface area (Å²) >= 11 is 5.94. The van der Waals surface area contributed by atoms with Crippen molar-refractivity contribution in [3.63, 3.8) is 0 Å². The summed E-state index contributed by atoms with van der Waals surface area (Å²) < 4.78 is 38.9. The van der Waals surface area contributed by atoms with Crippen molar-refractivity contribution in [1.82, 2.24) is 5.43 Å². The van der Waals surface area contributed by atoms with Gasteiger partial charge in [0.15, 0.2) is 0 Å². The molecule has 0 radical (unpaired) electrons. The molecule has 0 spiro atoms. The van der Waals surface area contributed by atoms with Gasteiger partial charge in [-0.3, -0.25) is 9.10 Å². The quantitative estimate of drug-likeness (QED) is 0.198. The van der Waals surface area contributed by atoms with Crippen LogP contribution < -0.4 is 19.2 Å². The lowest BCUT2D eigenvalue weighted by Gasteiger charge is -2.23. The van der Waals surface area contributed by atoms with E-state index in [2.05, 4.69) is 10.5 Å². The minimum absolute atomic E-state index is 0.0592. The second kappa shape index (κ2) is 12.9. The predicted molar refractivity (Wildman–Crippen MR) is 152 cm³/mol. The highest BCUT2D eigenvalue weighted by molar-refractivity contribution is 7.92. The number of ether oxygens (including phenoxy) is 2. The lowest BCUT2D eigenvalue weighted by Crippen LogP contribution is -2.39. The number of anilines is 1. The second-order valence-corrected chi connectivity index (χ2v) is 10.6. The van der Waals surface area contributed by atoms with Crippen molar-refractivity contribution in [1.29, 1.82) is 0 Å². The Morgan fingerprint density at radius 1 is 0.923 bits per heavy atom. The number of sulfonamides is 1. The van der Waals surface area contributed by atoms with Crippen molar-refractivity contribution in [2.75, 3.05) is 18.0 Å². The monoisotopic (exact) mass is 563 g/mol. The van der Waals surface area contributed by atoms with Crippen LogP contribution in [0.1, 0.15) is 11.1 Å². The van der Waals surface area contributed by atoms with E-state index in [1.54, 1.807) is 66.7 Å². The first-order chi connectivity index (χ1) is 18.9. The first-order valence-corrected chi connectivity index (χ1v) is 13.7. The van der Waals surface area contributed by atoms with E-state index in [1.807, 2.05) is 24.3 Å². The van der Waals surface area contributed by atoms with Crippen molar-refractivity contribution in [2.45, 2.75) is 11.5 Å². The van der Waals surface area contributed by atoms with Gasteiger partial charge in [-0.1, -0.05) is 54.1 Å². The number of nitrogens with zero attached hydrogens (tertiary/aromatic N) is 2. The molecule has 1 amide bonds. The van der Waals surface area contributed by atoms with E-state index < -0.39 is 22.5 Å². The molecule has 0 aliphatic heterocycles. The summed E-state index contributed by atoms with van der Waals surface area (Å²) in [5.74, 6) is 0.500. The molecule has 0 saturated carbocycles. The molecule has 4 aromatic rings. The zero-order chi connectivity index (χ0) is 27.7. The maximum absolute atomic E-state index is 13.4. The third-order valence-corrected chi connectivity index (χ3v) is 7.64. The maximum atomic E-state index is 13.4. The minimum Gasteiger partial charge on any atom is -0.497 e. The molecule has 4 aromatic carbocycles. The molecule has 1 N–H and O–H groups in total. The smallest absolute Gasteiger partial charge is 0.264 e. The summed E-state index contributed by atoms with van der Waals surface area (Å²) in [6, 6.07) is 28.8. The minimum atomic E-state index is -4.04. The third kappa shape index (κ3) is 7.37. The number of benzene rings is 4. The zero-order valence-corrected chi connectivity index (χ0v) is 22.6. The normalized spacial score (nSPS) is 11.2. The standard InChI is InChI=1S/C29H26ClN3O5S/c1-37-26-17-15-25(16-18-26)33(39(35,36)27-8-3-2-4-9-27)20-29(34)32-31-19-23-7-5-6-10-28(23)38-21-22-11-13-24(30)14-12-22/h2-19H,20-21H2,1H3,(H,32,34). The average molecular weight is 564 g/mol. The van der Waals surface area contributed by atoms with E-state index in [4.69, 9.17) is 21.1 Å². The Morgan fingerprint density at radius 3 is 2.28 bits per heavy atom. The van der Waals surface area contributed by atoms with E-state index in [9.17, 15) is 13.2 Å². The van der Waals surface area contributed by atoms with Crippen LogP contribution in [0.5, 0.6) is 11.5 Å². The lowest BCUT2D eigenvalue weighted by atomic mass is 10.2. The number of amides is 1. The molecule has 200 valence electrons. The fourth-order valence-corrected chi connectivity index (χ4v) is 5.15. The van der Waals surface area contributed by atoms with E-state index >= 15 is 0 Å². The molecule has 0 saturated heterocycles. The highest BCUT2D eigenvalue weighted by atomic mass is 35.5. The molecule has 0 aromatic heterocycles. The second-order valence-electron chi connectivity index (χ2n) is 8.27. The van der Waals surface area contributed by atoms with Crippen molar-refractivity contribution >= 4 is 39.4 Å². The Bertz CT molecular complexity index is 1530. The molecule has 39 heavy (non-hydrogen) atoms. The van der Waals surface area contributed by atoms with Crippen LogP contribution in [0.3, 0.4) is 0 Å². The average Bonchev–Trinajstić information content (AvgIpc) is 2.96. The maximum Gasteiger partial charge on any atom is 0.264 e. The summed E-state index contributed by atoms with van der Waals surface area (Å²) in [5, 5.41) is 4.68. The molecule has 10 heteroatoms. The topological polar surface area (TPSA) is 97.3 Å². The summed E-state index contributed by atoms with van der Waals surface area (Å²) in [5.41, 5.74) is 4.30. The fraction of sp³-hybridized carbons (Fsp3) is 0.103. The predicted octanol–water partition coefficient (Wildman–Crippen LogP) is 5.27. The van der Waals surface area contributed by atoms with Gasteiger partial charge in [-0.2, -0.15) is 5.10 Å². The van der Waals surface area contributed by atoms with Crippen molar-refractivity contribution in [3.05, 3.63) is 119 Å². The summed E-state index contributed by atoms with van der Waals surface area (Å²) in [7, 11) is -2.52. The Morgan fingerprint density at radius 2 is 1.59 bits per heavy atom. The Hall–Kier alpha value is -4.34. The molecular formula is C29H26ClN3O5S. The number of methoxy groups -OCH3 is 1. The molecule has 0 aliphatic carbocycles. The molecule has 0 aliphatic rings. The Labute approximate surface area is 232 Å². The molecule has 0 bridgehead atoms. The van der Waals surface area contributed by atoms with E-state index in [0.717, 1.165) is 9.87 Å². The van der Waals surface area contributed by atoms with E-state index in [1.165, 1.54) is 25.5 Å². The van der Waals surface area contributed by atoms with Crippen LogP contribution in [0.25, 0.3) is 0 Å². The number of nitrogens with one attached hydrogen (secondary N) is 1. The summed E-state index contributed by atoms with van der Waals surface area (Å²) in [6.07, 6.45) is 1.44. The van der Waals surface area contributed by atoms with Crippen LogP contribution in [0.2, 0.25) is 5.02 Å². The van der Waals surface area contributed by atoms with Crippen LogP contribution in [0.4, 0.5) is 5.69 Å². The van der Waals surface area contributed by atoms with Crippen molar-refractivity contribution in [3.8, 4) is 11.5 Å².